The van der Waals surface area contributed by atoms with E-state index < -0.39 is 0 Å². The summed E-state index contributed by atoms with van der Waals surface area (Å²) in [4.78, 5) is 24.6. The van der Waals surface area contributed by atoms with E-state index in [1.54, 1.807) is 24.5 Å². The molecule has 3 aromatic heterocycles. The standard InChI is InChI=1S/C23H21N7O2/c1-32-21-11-13-25-23(26-21)28-27-20(31)10-9-19-16-30(15-17-6-3-2-4-7-17)29-22(19)18-8-5-12-24-14-18/h2-14,16H,15H2,1H3,(H,27,31)(H,25,26,28)/b10-9+. The molecule has 9 nitrogen and oxygen atoms in total. The summed E-state index contributed by atoms with van der Waals surface area (Å²) >= 11 is 0. The fourth-order valence-electron chi connectivity index (χ4n) is 2.98. The molecule has 9 heteroatoms. The number of ether oxygens (including phenoxy) is 1. The van der Waals surface area contributed by atoms with Crippen LogP contribution in [0.2, 0.25) is 0 Å². The minimum Gasteiger partial charge on any atom is -0.481 e. The summed E-state index contributed by atoms with van der Waals surface area (Å²) in [5.74, 6) is 0.237. The molecule has 0 atom stereocenters. The fourth-order valence-corrected chi connectivity index (χ4v) is 2.98. The van der Waals surface area contributed by atoms with Crippen molar-refractivity contribution in [2.75, 3.05) is 12.5 Å². The SMILES string of the molecule is COc1ccnc(NNC(=O)/C=C/c2cn(Cc3ccccc3)nc2-c2cccnc2)n1. The molecule has 3 heterocycles. The Bertz CT molecular complexity index is 1210. The molecule has 160 valence electrons. The Labute approximate surface area is 184 Å². The Balaban J connectivity index is 1.50. The number of carbonyl (C=O) groups is 1. The van der Waals surface area contributed by atoms with E-state index in [1.165, 1.54) is 19.4 Å². The molecule has 0 radical (unpaired) electrons. The smallest absolute Gasteiger partial charge is 0.262 e. The molecule has 0 bridgehead atoms. The number of benzene rings is 1. The minimum atomic E-state index is -0.371. The average Bonchev–Trinajstić information content (AvgIpc) is 3.25. The van der Waals surface area contributed by atoms with Crippen molar-refractivity contribution in [3.05, 3.63) is 90.5 Å². The summed E-state index contributed by atoms with van der Waals surface area (Å²) in [6, 6.07) is 15.4. The molecule has 0 saturated heterocycles. The van der Waals surface area contributed by atoms with Crippen LogP contribution in [0.3, 0.4) is 0 Å². The highest BCUT2D eigenvalue weighted by atomic mass is 16.5. The van der Waals surface area contributed by atoms with Crippen LogP contribution >= 0.6 is 0 Å². The van der Waals surface area contributed by atoms with Gasteiger partial charge >= 0.3 is 0 Å². The Morgan fingerprint density at radius 3 is 2.78 bits per heavy atom. The number of anilines is 1. The maximum Gasteiger partial charge on any atom is 0.262 e. The highest BCUT2D eigenvalue weighted by Crippen LogP contribution is 2.23. The van der Waals surface area contributed by atoms with E-state index in [0.29, 0.717) is 12.4 Å². The van der Waals surface area contributed by atoms with Gasteiger partial charge in [0, 0.05) is 48.1 Å². The molecule has 4 aromatic rings. The predicted molar refractivity (Wildman–Crippen MR) is 120 cm³/mol. The third-order valence-electron chi connectivity index (χ3n) is 4.46. The molecule has 0 aliphatic carbocycles. The molecule has 4 rings (SSSR count). The summed E-state index contributed by atoms with van der Waals surface area (Å²) in [7, 11) is 1.51. The second-order valence-corrected chi connectivity index (χ2v) is 6.73. The Morgan fingerprint density at radius 1 is 1.12 bits per heavy atom. The summed E-state index contributed by atoms with van der Waals surface area (Å²) in [5.41, 5.74) is 8.71. The molecule has 0 spiro atoms. The molecule has 0 saturated carbocycles. The van der Waals surface area contributed by atoms with Crippen molar-refractivity contribution < 1.29 is 9.53 Å². The number of hydrogen-bond acceptors (Lipinski definition) is 7. The average molecular weight is 427 g/mol. The first-order valence-electron chi connectivity index (χ1n) is 9.84. The number of aromatic nitrogens is 5. The van der Waals surface area contributed by atoms with Crippen molar-refractivity contribution in [3.63, 3.8) is 0 Å². The van der Waals surface area contributed by atoms with Crippen LogP contribution in [0.5, 0.6) is 5.88 Å². The van der Waals surface area contributed by atoms with Gasteiger partial charge in [-0.25, -0.2) is 4.98 Å². The van der Waals surface area contributed by atoms with Crippen molar-refractivity contribution in [3.8, 4) is 17.1 Å². The molecule has 0 fully saturated rings. The molecular formula is C23H21N7O2. The van der Waals surface area contributed by atoms with Gasteiger partial charge in [-0.15, -0.1) is 0 Å². The number of nitrogens with one attached hydrogen (secondary N) is 2. The largest absolute Gasteiger partial charge is 0.481 e. The third-order valence-corrected chi connectivity index (χ3v) is 4.46. The quantitative estimate of drug-likeness (QED) is 0.329. The van der Waals surface area contributed by atoms with Crippen LogP contribution in [0.25, 0.3) is 17.3 Å². The minimum absolute atomic E-state index is 0.220. The van der Waals surface area contributed by atoms with Gasteiger partial charge in [0.25, 0.3) is 5.91 Å². The second kappa shape index (κ2) is 9.98. The number of carbonyl (C=O) groups excluding carboxylic acids is 1. The summed E-state index contributed by atoms with van der Waals surface area (Å²) in [5, 5.41) is 4.71. The van der Waals surface area contributed by atoms with Gasteiger partial charge in [-0.3, -0.25) is 25.3 Å². The molecule has 1 aromatic carbocycles. The van der Waals surface area contributed by atoms with Crippen molar-refractivity contribution in [2.45, 2.75) is 6.54 Å². The number of nitrogens with zero attached hydrogens (tertiary/aromatic N) is 5. The number of hydrogen-bond donors (Lipinski definition) is 2. The van der Waals surface area contributed by atoms with Crippen LogP contribution in [0, 0.1) is 0 Å². The molecule has 0 aliphatic rings. The number of amides is 1. The fraction of sp³-hybridized carbons (Fsp3) is 0.0870. The van der Waals surface area contributed by atoms with E-state index in [4.69, 9.17) is 9.84 Å². The predicted octanol–water partition coefficient (Wildman–Crippen LogP) is 2.95. The molecule has 1 amide bonds. The van der Waals surface area contributed by atoms with Gasteiger partial charge in [-0.2, -0.15) is 10.1 Å². The Kier molecular flexibility index (Phi) is 6.47. The molecule has 0 unspecified atom stereocenters. The highest BCUT2D eigenvalue weighted by molar-refractivity contribution is 5.93. The van der Waals surface area contributed by atoms with Gasteiger partial charge in [-0.1, -0.05) is 30.3 Å². The lowest BCUT2D eigenvalue weighted by atomic mass is 10.1. The maximum absolute atomic E-state index is 12.3. The van der Waals surface area contributed by atoms with Crippen molar-refractivity contribution in [2.24, 2.45) is 0 Å². The molecule has 0 aliphatic heterocycles. The first kappa shape index (κ1) is 20.7. The van der Waals surface area contributed by atoms with Crippen LogP contribution in [-0.2, 0) is 11.3 Å². The van der Waals surface area contributed by atoms with Gasteiger partial charge < -0.3 is 4.74 Å². The second-order valence-electron chi connectivity index (χ2n) is 6.73. The van der Waals surface area contributed by atoms with E-state index in [0.717, 1.165) is 22.4 Å². The van der Waals surface area contributed by atoms with Crippen LogP contribution in [0.15, 0.2) is 79.4 Å². The Morgan fingerprint density at radius 2 is 2.00 bits per heavy atom. The zero-order valence-corrected chi connectivity index (χ0v) is 17.3. The van der Waals surface area contributed by atoms with E-state index in [1.807, 2.05) is 53.3 Å². The molecule has 32 heavy (non-hydrogen) atoms. The van der Waals surface area contributed by atoms with E-state index in [2.05, 4.69) is 25.8 Å². The van der Waals surface area contributed by atoms with Crippen LogP contribution in [-0.4, -0.2) is 37.7 Å². The van der Waals surface area contributed by atoms with Crippen molar-refractivity contribution >= 4 is 17.9 Å². The highest BCUT2D eigenvalue weighted by Gasteiger charge is 2.10. The summed E-state index contributed by atoms with van der Waals surface area (Å²) in [6.07, 6.45) is 10.0. The van der Waals surface area contributed by atoms with Gasteiger partial charge in [-0.05, 0) is 23.8 Å². The summed E-state index contributed by atoms with van der Waals surface area (Å²) < 4.78 is 6.88. The van der Waals surface area contributed by atoms with Gasteiger partial charge in [0.2, 0.25) is 11.8 Å². The first-order chi connectivity index (χ1) is 15.7. The summed E-state index contributed by atoms with van der Waals surface area (Å²) in [6.45, 7) is 0.614. The lowest BCUT2D eigenvalue weighted by Gasteiger charge is -2.05. The van der Waals surface area contributed by atoms with Crippen molar-refractivity contribution in [1.82, 2.24) is 30.2 Å². The van der Waals surface area contributed by atoms with Crippen molar-refractivity contribution in [1.29, 1.82) is 0 Å². The van der Waals surface area contributed by atoms with Crippen LogP contribution < -0.4 is 15.6 Å². The van der Waals surface area contributed by atoms with E-state index in [9.17, 15) is 4.79 Å². The monoisotopic (exact) mass is 427 g/mol. The first-order valence-corrected chi connectivity index (χ1v) is 9.84. The van der Waals surface area contributed by atoms with Gasteiger partial charge in [0.05, 0.1) is 13.7 Å². The Hall–Kier alpha value is -4.53. The zero-order chi connectivity index (χ0) is 22.2. The topological polar surface area (TPSA) is 107 Å². The number of pyridine rings is 1. The van der Waals surface area contributed by atoms with E-state index in [-0.39, 0.29) is 11.9 Å². The normalized spacial score (nSPS) is 10.8. The van der Waals surface area contributed by atoms with Gasteiger partial charge in [0.15, 0.2) is 0 Å². The van der Waals surface area contributed by atoms with Gasteiger partial charge in [0.1, 0.15) is 5.69 Å². The maximum atomic E-state index is 12.3. The van der Waals surface area contributed by atoms with E-state index >= 15 is 0 Å². The van der Waals surface area contributed by atoms with Crippen LogP contribution in [0.1, 0.15) is 11.1 Å². The van der Waals surface area contributed by atoms with Crippen LogP contribution in [0.4, 0.5) is 5.95 Å². The number of rotatable bonds is 8. The number of methoxy groups -OCH3 is 1. The number of hydrazine groups is 1. The molecule has 2 N–H and O–H groups in total. The molecular weight excluding hydrogens is 406 g/mol. The zero-order valence-electron chi connectivity index (χ0n) is 17.3. The lowest BCUT2D eigenvalue weighted by Crippen LogP contribution is -2.28. The lowest BCUT2D eigenvalue weighted by molar-refractivity contribution is -0.116. The third kappa shape index (κ3) is 5.33.